The van der Waals surface area contributed by atoms with E-state index in [0.29, 0.717) is 5.13 Å². The standard InChI is InChI=1S/C6H9N3O2S/c1-2-4-8-9(3-5(10)11)6(7)12-4/h7H,2-3H2,1H3,(H,10,11). The highest BCUT2D eigenvalue weighted by molar-refractivity contribution is 7.14. The molecule has 0 fully saturated rings. The Kier molecular flexibility index (Phi) is 2.59. The second-order valence-electron chi connectivity index (χ2n) is 2.22. The first-order valence-corrected chi connectivity index (χ1v) is 4.30. The third-order valence-electron chi connectivity index (χ3n) is 1.29. The predicted molar refractivity (Wildman–Crippen MR) is 41.1 cm³/mol. The molecule has 0 saturated heterocycles. The number of carboxylic acids is 1. The number of carboxylic acid groups (broad SMARTS) is 1. The maximum atomic E-state index is 10.2. The van der Waals surface area contributed by atoms with E-state index in [1.54, 1.807) is 0 Å². The van der Waals surface area contributed by atoms with Gasteiger partial charge in [0.2, 0.25) is 0 Å². The number of aryl methyl sites for hydroxylation is 1. The van der Waals surface area contributed by atoms with Crippen molar-refractivity contribution in [3.8, 4) is 0 Å². The van der Waals surface area contributed by atoms with Gasteiger partial charge in [0.15, 0.2) is 6.54 Å². The summed E-state index contributed by atoms with van der Waals surface area (Å²) >= 11 is 1.29. The summed E-state index contributed by atoms with van der Waals surface area (Å²) < 4.78 is 1.23. The summed E-state index contributed by atoms with van der Waals surface area (Å²) in [6.45, 7) is 1.66. The van der Waals surface area contributed by atoms with Crippen LogP contribution in [0.15, 0.2) is 0 Å². The Morgan fingerprint density at radius 1 is 1.83 bits per heavy atom. The number of hydrogen-bond donors (Lipinski definition) is 1. The summed E-state index contributed by atoms with van der Waals surface area (Å²) in [7, 11) is 0. The van der Waals surface area contributed by atoms with Crippen molar-refractivity contribution >= 4 is 22.4 Å². The molecular weight excluding hydrogens is 178 g/mol. The lowest BCUT2D eigenvalue weighted by molar-refractivity contribution is -0.729. The van der Waals surface area contributed by atoms with E-state index in [1.807, 2.05) is 6.92 Å². The summed E-state index contributed by atoms with van der Waals surface area (Å²) in [5.74, 6) is -1.18. The molecule has 0 aromatic carbocycles. The Balaban J connectivity index is 2.84. The lowest BCUT2D eigenvalue weighted by Gasteiger charge is -1.95. The lowest BCUT2D eigenvalue weighted by Crippen LogP contribution is -2.46. The van der Waals surface area contributed by atoms with Crippen LogP contribution in [0.3, 0.4) is 0 Å². The Hall–Kier alpha value is -1.17. The number of carbonyl (C=O) groups excluding carboxylic acids is 1. The minimum atomic E-state index is -1.18. The zero-order valence-corrected chi connectivity index (χ0v) is 7.43. The van der Waals surface area contributed by atoms with Gasteiger partial charge in [0.1, 0.15) is 5.01 Å². The number of carbonyl (C=O) groups is 1. The van der Waals surface area contributed by atoms with Crippen molar-refractivity contribution in [1.29, 1.82) is 0 Å². The van der Waals surface area contributed by atoms with Gasteiger partial charge in [-0.25, -0.2) is 0 Å². The molecule has 1 aromatic rings. The number of hydrogen-bond acceptors (Lipinski definition) is 5. The van der Waals surface area contributed by atoms with Gasteiger partial charge in [-0.1, -0.05) is 12.0 Å². The van der Waals surface area contributed by atoms with Crippen LogP contribution in [0.5, 0.6) is 0 Å². The monoisotopic (exact) mass is 187 g/mol. The largest absolute Gasteiger partial charge is 0.546 e. The topological polar surface area (TPSA) is 82.9 Å². The van der Waals surface area contributed by atoms with Crippen molar-refractivity contribution in [3.05, 3.63) is 5.01 Å². The number of anilines is 1. The van der Waals surface area contributed by atoms with Gasteiger partial charge in [-0.15, -0.1) is 4.68 Å². The van der Waals surface area contributed by atoms with Crippen LogP contribution >= 0.6 is 11.3 Å². The quantitative estimate of drug-likeness (QED) is 0.573. The molecule has 66 valence electrons. The fourth-order valence-corrected chi connectivity index (χ4v) is 1.49. The molecule has 0 spiro atoms. The van der Waals surface area contributed by atoms with Crippen LogP contribution < -0.4 is 15.5 Å². The van der Waals surface area contributed by atoms with Crippen LogP contribution in [0.2, 0.25) is 0 Å². The van der Waals surface area contributed by atoms with Gasteiger partial charge in [-0.2, -0.15) is 0 Å². The maximum Gasteiger partial charge on any atom is 0.354 e. The fourth-order valence-electron chi connectivity index (χ4n) is 0.756. The molecule has 2 N–H and O–H groups in total. The number of nitrogen functional groups attached to an aromatic ring is 1. The molecule has 0 saturated carbocycles. The van der Waals surface area contributed by atoms with Gasteiger partial charge in [-0.05, 0) is 11.3 Å². The average Bonchev–Trinajstić information content (AvgIpc) is 2.31. The molecule has 12 heavy (non-hydrogen) atoms. The van der Waals surface area contributed by atoms with Crippen molar-refractivity contribution in [3.63, 3.8) is 0 Å². The highest BCUT2D eigenvalue weighted by Crippen LogP contribution is 2.09. The molecule has 0 radical (unpaired) electrons. The summed E-state index contributed by atoms with van der Waals surface area (Å²) in [4.78, 5) is 10.2. The molecular formula is C6H9N3O2S. The first-order chi connectivity index (χ1) is 5.63. The van der Waals surface area contributed by atoms with Gasteiger partial charge in [0.05, 0.1) is 5.97 Å². The van der Waals surface area contributed by atoms with Crippen LogP contribution in [0, 0.1) is 0 Å². The second-order valence-corrected chi connectivity index (χ2v) is 3.31. The molecule has 5 nitrogen and oxygen atoms in total. The Morgan fingerprint density at radius 3 is 2.92 bits per heavy atom. The first-order valence-electron chi connectivity index (χ1n) is 3.48. The van der Waals surface area contributed by atoms with Crippen molar-refractivity contribution in [2.75, 3.05) is 5.73 Å². The normalized spacial score (nSPS) is 10.1. The van der Waals surface area contributed by atoms with E-state index in [-0.39, 0.29) is 6.54 Å². The van der Waals surface area contributed by atoms with E-state index in [4.69, 9.17) is 5.73 Å². The van der Waals surface area contributed by atoms with Crippen molar-refractivity contribution in [1.82, 2.24) is 5.10 Å². The molecule has 0 aliphatic carbocycles. The van der Waals surface area contributed by atoms with E-state index in [0.717, 1.165) is 11.4 Å². The highest BCUT2D eigenvalue weighted by atomic mass is 32.1. The number of aromatic nitrogens is 2. The lowest BCUT2D eigenvalue weighted by atomic mass is 10.5. The Morgan fingerprint density at radius 2 is 2.50 bits per heavy atom. The molecule has 0 atom stereocenters. The Labute approximate surface area is 73.4 Å². The molecule has 0 amide bonds. The van der Waals surface area contributed by atoms with Gasteiger partial charge in [0, 0.05) is 6.42 Å². The van der Waals surface area contributed by atoms with Crippen LogP contribution in [-0.4, -0.2) is 11.1 Å². The minimum absolute atomic E-state index is 0.275. The summed E-state index contributed by atoms with van der Waals surface area (Å²) in [6.07, 6.45) is 0.759. The third-order valence-corrected chi connectivity index (χ3v) is 2.32. The third kappa shape index (κ3) is 1.91. The summed E-state index contributed by atoms with van der Waals surface area (Å²) in [5, 5.41) is 15.4. The van der Waals surface area contributed by atoms with Gasteiger partial charge >= 0.3 is 5.13 Å². The van der Waals surface area contributed by atoms with E-state index in [2.05, 4.69) is 5.10 Å². The number of aliphatic carboxylic acids is 1. The average molecular weight is 187 g/mol. The molecule has 1 aromatic heterocycles. The van der Waals surface area contributed by atoms with Crippen LogP contribution in [0.25, 0.3) is 0 Å². The molecule has 6 heteroatoms. The molecule has 0 aliphatic rings. The van der Waals surface area contributed by atoms with Crippen LogP contribution in [0.4, 0.5) is 5.13 Å². The number of nitrogens with zero attached hydrogens (tertiary/aromatic N) is 2. The van der Waals surface area contributed by atoms with E-state index in [9.17, 15) is 9.90 Å². The zero-order valence-electron chi connectivity index (χ0n) is 6.61. The zero-order chi connectivity index (χ0) is 9.14. The van der Waals surface area contributed by atoms with Crippen molar-refractivity contribution in [2.45, 2.75) is 19.9 Å². The Bertz CT molecular complexity index is 297. The van der Waals surface area contributed by atoms with Gasteiger partial charge in [0.25, 0.3) is 0 Å². The minimum Gasteiger partial charge on any atom is -0.546 e. The van der Waals surface area contributed by atoms with Crippen molar-refractivity contribution in [2.24, 2.45) is 0 Å². The summed E-state index contributed by atoms with van der Waals surface area (Å²) in [6, 6.07) is 0. The molecule has 0 aliphatic heterocycles. The number of rotatable bonds is 3. The molecule has 1 heterocycles. The predicted octanol–water partition coefficient (Wildman–Crippen LogP) is -1.67. The SMILES string of the molecule is CCc1n[n+](CC(=O)[O-])c(N)s1. The highest BCUT2D eigenvalue weighted by Gasteiger charge is 2.11. The molecule has 0 bridgehead atoms. The van der Waals surface area contributed by atoms with Crippen LogP contribution in [0.1, 0.15) is 11.9 Å². The van der Waals surface area contributed by atoms with E-state index >= 15 is 0 Å². The van der Waals surface area contributed by atoms with Crippen molar-refractivity contribution < 1.29 is 14.6 Å². The van der Waals surface area contributed by atoms with E-state index < -0.39 is 5.97 Å². The van der Waals surface area contributed by atoms with Gasteiger partial charge < -0.3 is 9.90 Å². The number of nitrogens with two attached hydrogens (primary N) is 1. The van der Waals surface area contributed by atoms with E-state index in [1.165, 1.54) is 16.0 Å². The fraction of sp³-hybridized carbons (Fsp3) is 0.500. The van der Waals surface area contributed by atoms with Crippen LogP contribution in [-0.2, 0) is 17.8 Å². The second kappa shape index (κ2) is 3.48. The van der Waals surface area contributed by atoms with Gasteiger partial charge in [-0.3, -0.25) is 5.73 Å². The molecule has 0 unspecified atom stereocenters. The summed E-state index contributed by atoms with van der Waals surface area (Å²) in [5.41, 5.74) is 5.49. The maximum absolute atomic E-state index is 10.2. The smallest absolute Gasteiger partial charge is 0.354 e. The first kappa shape index (κ1) is 8.92. The molecule has 1 rings (SSSR count).